The molecule has 5 nitrogen and oxygen atoms in total. The standard InChI is InChI=1S/C20H27NO4/c1-13(12-23-4)10-15-11-16-18(25-20(2,3)24-16)17(15)21-19(22)14-8-6-5-7-9-14/h5-10,15-18H,11-12H2,1-4H3,(H,21,22)/b13-10+/t15-,16-,17-,18-/m1/s1. The van der Waals surface area contributed by atoms with Crippen LogP contribution in [0, 0.1) is 5.92 Å². The minimum absolute atomic E-state index is 0.00679. The molecule has 136 valence electrons. The maximum Gasteiger partial charge on any atom is 0.251 e. The van der Waals surface area contributed by atoms with Gasteiger partial charge in [-0.1, -0.05) is 29.8 Å². The Morgan fingerprint density at radius 2 is 2.04 bits per heavy atom. The predicted octanol–water partition coefficient (Wildman–Crippen LogP) is 2.92. The van der Waals surface area contributed by atoms with Gasteiger partial charge < -0.3 is 19.5 Å². The average Bonchev–Trinajstić information content (AvgIpc) is 3.01. The summed E-state index contributed by atoms with van der Waals surface area (Å²) in [6, 6.07) is 9.15. The van der Waals surface area contributed by atoms with E-state index in [4.69, 9.17) is 14.2 Å². The third kappa shape index (κ3) is 4.11. The Kier molecular flexibility index (Phi) is 5.27. The number of ether oxygens (including phenoxy) is 3. The second-order valence-corrected chi connectivity index (χ2v) is 7.35. The van der Waals surface area contributed by atoms with Gasteiger partial charge in [0.1, 0.15) is 6.10 Å². The van der Waals surface area contributed by atoms with E-state index >= 15 is 0 Å². The van der Waals surface area contributed by atoms with Crippen LogP contribution in [-0.2, 0) is 14.2 Å². The Labute approximate surface area is 149 Å². The Morgan fingerprint density at radius 3 is 2.72 bits per heavy atom. The zero-order chi connectivity index (χ0) is 18.0. The summed E-state index contributed by atoms with van der Waals surface area (Å²) < 4.78 is 17.3. The number of fused-ring (bicyclic) bond motifs is 1. The van der Waals surface area contributed by atoms with E-state index in [0.717, 1.165) is 12.0 Å². The molecule has 1 aliphatic carbocycles. The van der Waals surface area contributed by atoms with Gasteiger partial charge in [-0.3, -0.25) is 4.79 Å². The fourth-order valence-electron chi connectivity index (χ4n) is 3.83. The van der Waals surface area contributed by atoms with Gasteiger partial charge >= 0.3 is 0 Å². The lowest BCUT2D eigenvalue weighted by Gasteiger charge is -2.26. The van der Waals surface area contributed by atoms with Crippen LogP contribution in [0.3, 0.4) is 0 Å². The SMILES string of the molecule is COC/C(C)=C/[C@@H]1C[C@H]2OC(C)(C)O[C@H]2[C@@H]1NC(=O)c1ccccc1. The highest BCUT2D eigenvalue weighted by Crippen LogP contribution is 2.42. The molecule has 1 aliphatic heterocycles. The molecule has 4 atom stereocenters. The van der Waals surface area contributed by atoms with Gasteiger partial charge in [-0.15, -0.1) is 0 Å². The van der Waals surface area contributed by atoms with E-state index in [-0.39, 0.29) is 30.1 Å². The van der Waals surface area contributed by atoms with Crippen LogP contribution in [0.2, 0.25) is 0 Å². The van der Waals surface area contributed by atoms with E-state index in [1.807, 2.05) is 51.1 Å². The molecule has 1 aromatic rings. The molecule has 2 aliphatic rings. The van der Waals surface area contributed by atoms with Crippen molar-refractivity contribution < 1.29 is 19.0 Å². The first-order valence-corrected chi connectivity index (χ1v) is 8.77. The number of rotatable bonds is 5. The lowest BCUT2D eigenvalue weighted by atomic mass is 9.99. The molecular formula is C20H27NO4. The van der Waals surface area contributed by atoms with E-state index in [1.54, 1.807) is 7.11 Å². The minimum atomic E-state index is -0.610. The number of amides is 1. The summed E-state index contributed by atoms with van der Waals surface area (Å²) in [6.07, 6.45) is 2.86. The van der Waals surface area contributed by atoms with Crippen LogP contribution >= 0.6 is 0 Å². The topological polar surface area (TPSA) is 56.8 Å². The second-order valence-electron chi connectivity index (χ2n) is 7.35. The molecule has 1 N–H and O–H groups in total. The lowest BCUT2D eigenvalue weighted by molar-refractivity contribution is -0.155. The van der Waals surface area contributed by atoms with E-state index in [0.29, 0.717) is 12.2 Å². The van der Waals surface area contributed by atoms with Gasteiger partial charge in [0.25, 0.3) is 5.91 Å². The van der Waals surface area contributed by atoms with E-state index in [2.05, 4.69) is 11.4 Å². The fraction of sp³-hybridized carbons (Fsp3) is 0.550. The Bertz CT molecular complexity index is 640. The van der Waals surface area contributed by atoms with Gasteiger partial charge in [0.15, 0.2) is 5.79 Å². The molecule has 0 unspecified atom stereocenters. The van der Waals surface area contributed by atoms with Crippen LogP contribution in [0.5, 0.6) is 0 Å². The van der Waals surface area contributed by atoms with Gasteiger partial charge in [0, 0.05) is 18.6 Å². The van der Waals surface area contributed by atoms with Gasteiger partial charge in [-0.2, -0.15) is 0 Å². The number of hydrogen-bond acceptors (Lipinski definition) is 4. The molecule has 1 saturated heterocycles. The summed E-state index contributed by atoms with van der Waals surface area (Å²) >= 11 is 0. The monoisotopic (exact) mass is 345 g/mol. The van der Waals surface area contributed by atoms with Crippen LogP contribution in [0.4, 0.5) is 0 Å². The number of carbonyl (C=O) groups excluding carboxylic acids is 1. The largest absolute Gasteiger partial charge is 0.380 e. The summed E-state index contributed by atoms with van der Waals surface area (Å²) in [4.78, 5) is 12.7. The van der Waals surface area contributed by atoms with E-state index in [9.17, 15) is 4.79 Å². The van der Waals surface area contributed by atoms with Gasteiger partial charge in [-0.25, -0.2) is 0 Å². The molecule has 1 saturated carbocycles. The second kappa shape index (κ2) is 7.28. The molecule has 0 bridgehead atoms. The van der Waals surface area contributed by atoms with Crippen LogP contribution in [0.1, 0.15) is 37.6 Å². The van der Waals surface area contributed by atoms with Gasteiger partial charge in [-0.05, 0) is 39.3 Å². The van der Waals surface area contributed by atoms with Crippen molar-refractivity contribution in [2.24, 2.45) is 5.92 Å². The van der Waals surface area contributed by atoms with Crippen molar-refractivity contribution in [3.63, 3.8) is 0 Å². The van der Waals surface area contributed by atoms with Crippen molar-refractivity contribution in [1.29, 1.82) is 0 Å². The normalized spacial score (nSPS) is 31.0. The van der Waals surface area contributed by atoms with Crippen LogP contribution in [-0.4, -0.2) is 43.7 Å². The molecule has 3 rings (SSSR count). The van der Waals surface area contributed by atoms with Crippen LogP contribution in [0.25, 0.3) is 0 Å². The maximum absolute atomic E-state index is 12.7. The first kappa shape index (κ1) is 18.1. The third-order valence-corrected chi connectivity index (χ3v) is 4.75. The van der Waals surface area contributed by atoms with Gasteiger partial charge in [0.2, 0.25) is 0 Å². The van der Waals surface area contributed by atoms with E-state index in [1.165, 1.54) is 0 Å². The molecule has 1 aromatic carbocycles. The molecule has 0 radical (unpaired) electrons. The minimum Gasteiger partial charge on any atom is -0.380 e. The van der Waals surface area contributed by atoms with Gasteiger partial charge in [0.05, 0.1) is 18.8 Å². The zero-order valence-corrected chi connectivity index (χ0v) is 15.3. The summed E-state index contributed by atoms with van der Waals surface area (Å²) in [5.41, 5.74) is 1.80. The molecule has 1 heterocycles. The van der Waals surface area contributed by atoms with Crippen molar-refractivity contribution in [3.05, 3.63) is 47.5 Å². The van der Waals surface area contributed by atoms with Crippen molar-refractivity contribution in [3.8, 4) is 0 Å². The zero-order valence-electron chi connectivity index (χ0n) is 15.3. The van der Waals surface area contributed by atoms with Crippen molar-refractivity contribution in [1.82, 2.24) is 5.32 Å². The summed E-state index contributed by atoms with van der Waals surface area (Å²) in [5.74, 6) is -0.530. The molecule has 1 amide bonds. The Hall–Kier alpha value is -1.69. The Morgan fingerprint density at radius 1 is 1.32 bits per heavy atom. The maximum atomic E-state index is 12.7. The summed E-state index contributed by atoms with van der Waals surface area (Å²) in [6.45, 7) is 6.46. The summed E-state index contributed by atoms with van der Waals surface area (Å²) in [7, 11) is 1.68. The predicted molar refractivity (Wildman–Crippen MR) is 95.3 cm³/mol. The van der Waals surface area contributed by atoms with Crippen LogP contribution < -0.4 is 5.32 Å². The lowest BCUT2D eigenvalue weighted by Crippen LogP contribution is -2.46. The number of benzene rings is 1. The highest BCUT2D eigenvalue weighted by molar-refractivity contribution is 5.94. The number of carbonyl (C=O) groups is 1. The highest BCUT2D eigenvalue weighted by atomic mass is 16.8. The number of methoxy groups -OCH3 is 1. The first-order chi connectivity index (χ1) is 11.9. The van der Waals surface area contributed by atoms with E-state index < -0.39 is 5.79 Å². The van der Waals surface area contributed by atoms with Crippen LogP contribution in [0.15, 0.2) is 42.0 Å². The van der Waals surface area contributed by atoms with Crippen molar-refractivity contribution in [2.45, 2.75) is 51.2 Å². The molecule has 0 spiro atoms. The molecule has 5 heteroatoms. The van der Waals surface area contributed by atoms with Crippen molar-refractivity contribution >= 4 is 5.91 Å². The molecular weight excluding hydrogens is 318 g/mol. The van der Waals surface area contributed by atoms with Crippen molar-refractivity contribution in [2.75, 3.05) is 13.7 Å². The first-order valence-electron chi connectivity index (χ1n) is 8.77. The smallest absolute Gasteiger partial charge is 0.251 e. The quantitative estimate of drug-likeness (QED) is 0.834. The molecule has 25 heavy (non-hydrogen) atoms. The molecule has 0 aromatic heterocycles. The fourth-order valence-corrected chi connectivity index (χ4v) is 3.83. The number of nitrogens with one attached hydrogen (secondary N) is 1. The number of hydrogen-bond donors (Lipinski definition) is 1. The summed E-state index contributed by atoms with van der Waals surface area (Å²) in [5, 5.41) is 3.17. The molecule has 2 fully saturated rings. The Balaban J connectivity index is 1.79. The third-order valence-electron chi connectivity index (χ3n) is 4.75. The highest BCUT2D eigenvalue weighted by Gasteiger charge is 2.53. The average molecular weight is 345 g/mol.